The molecule has 4 rings (SSSR count). The molecule has 0 spiro atoms. The number of aliphatic carboxylic acids is 2. The smallest absolute Gasteiger partial charge is 0.322 e. The van der Waals surface area contributed by atoms with Crippen LogP contribution in [0.5, 0.6) is 0 Å². The van der Waals surface area contributed by atoms with Gasteiger partial charge in [0, 0.05) is 23.3 Å². The first-order chi connectivity index (χ1) is 23.5. The fourth-order valence-electron chi connectivity index (χ4n) is 5.81. The third-order valence-corrected chi connectivity index (χ3v) is 8.54. The Bertz CT molecular complexity index is 2020. The monoisotopic (exact) mass is 724 g/mol. The van der Waals surface area contributed by atoms with Gasteiger partial charge in [0.15, 0.2) is 17.0 Å². The third-order valence-electron chi connectivity index (χ3n) is 7.74. The van der Waals surface area contributed by atoms with Gasteiger partial charge in [-0.2, -0.15) is 10.2 Å². The summed E-state index contributed by atoms with van der Waals surface area (Å²) >= 11 is 12.6. The van der Waals surface area contributed by atoms with Crippen LogP contribution in [-0.2, 0) is 28.1 Å². The second-order valence-electron chi connectivity index (χ2n) is 10.8. The fraction of sp³-hybridized carbons (Fsp3) is 0.188. The van der Waals surface area contributed by atoms with Crippen LogP contribution < -0.4 is 0 Å². The van der Waals surface area contributed by atoms with Crippen LogP contribution in [0.2, 0.25) is 10.0 Å². The van der Waals surface area contributed by atoms with Crippen LogP contribution in [0.15, 0.2) is 61.7 Å². The number of halogens is 2. The molecule has 258 valence electrons. The maximum Gasteiger partial charge on any atom is 0.322 e. The second-order valence-corrected chi connectivity index (χ2v) is 11.5. The lowest BCUT2D eigenvalue weighted by molar-refractivity contribution is -0.384. The van der Waals surface area contributed by atoms with Gasteiger partial charge < -0.3 is 10.2 Å². The highest BCUT2D eigenvalue weighted by atomic mass is 35.5. The highest BCUT2D eigenvalue weighted by molar-refractivity contribution is 6.37. The minimum atomic E-state index is -2.88. The predicted octanol–water partition coefficient (Wildman–Crippen LogP) is 5.50. The van der Waals surface area contributed by atoms with E-state index < -0.39 is 100 Å². The quantitative estimate of drug-likeness (QED) is 0.0670. The summed E-state index contributed by atoms with van der Waals surface area (Å²) < 4.78 is 2.04. The van der Waals surface area contributed by atoms with Gasteiger partial charge in [-0.3, -0.25) is 48.8 Å². The molecule has 18 heteroatoms. The van der Waals surface area contributed by atoms with Gasteiger partial charge in [-0.05, 0) is 26.0 Å². The molecule has 0 radical (unpaired) electrons. The Labute approximate surface area is 292 Å². The lowest BCUT2D eigenvalue weighted by Gasteiger charge is -2.31. The molecule has 0 saturated carbocycles. The molecule has 0 aliphatic rings. The Morgan fingerprint density at radius 1 is 0.800 bits per heavy atom. The number of nitro groups is 2. The average molecular weight is 725 g/mol. The highest BCUT2D eigenvalue weighted by Gasteiger charge is 2.54. The van der Waals surface area contributed by atoms with Crippen molar-refractivity contribution in [3.05, 3.63) is 137 Å². The molecule has 2 heterocycles. The zero-order valence-electron chi connectivity index (χ0n) is 26.3. The summed E-state index contributed by atoms with van der Waals surface area (Å²) in [7, 11) is 0. The van der Waals surface area contributed by atoms with E-state index in [2.05, 4.69) is 23.4 Å². The van der Waals surface area contributed by atoms with E-state index in [0.29, 0.717) is 0 Å². The Balaban J connectivity index is 2.24. The van der Waals surface area contributed by atoms with Crippen molar-refractivity contribution in [3.8, 4) is 0 Å². The molecule has 0 atom stereocenters. The minimum absolute atomic E-state index is 0.119. The standard InChI is InChI=1S/C32H26Cl2N6O10/c1-5-13-37-29(23(16(3)35-37)27(43)18-9-7-11-20(25(18)33)39(47)48)32(31(45)46,15-22(41)42)30-24(17(4)36-38(30)14-6-2)28(44)19-10-8-12-21(26(19)34)40(49)50/h5-12H,1-2,13-15H2,3-4H3,(H,41,42)(H,45,46). The number of nitrogens with zero attached hydrogens (tertiary/aromatic N) is 6. The van der Waals surface area contributed by atoms with Crippen molar-refractivity contribution in [1.82, 2.24) is 19.6 Å². The Morgan fingerprint density at radius 3 is 1.48 bits per heavy atom. The SMILES string of the molecule is C=CCn1nc(C)c(C(=O)c2cccc([N+](=O)[O-])c2Cl)c1C(CC(=O)O)(C(=O)O)c1c(C(=O)c2cccc([N+](=O)[O-])c2Cl)c(C)nn1CC=C. The van der Waals surface area contributed by atoms with Crippen molar-refractivity contribution in [3.63, 3.8) is 0 Å². The van der Waals surface area contributed by atoms with Crippen molar-refractivity contribution in [2.75, 3.05) is 0 Å². The maximum atomic E-state index is 14.4. The van der Waals surface area contributed by atoms with Crippen LogP contribution in [0, 0.1) is 34.1 Å². The predicted molar refractivity (Wildman–Crippen MR) is 178 cm³/mol. The first-order valence-electron chi connectivity index (χ1n) is 14.3. The van der Waals surface area contributed by atoms with Crippen molar-refractivity contribution in [2.24, 2.45) is 0 Å². The molecule has 0 aliphatic heterocycles. The van der Waals surface area contributed by atoms with Crippen LogP contribution in [0.3, 0.4) is 0 Å². The number of rotatable bonds is 15. The molecule has 0 unspecified atom stereocenters. The number of hydrogen-bond acceptors (Lipinski definition) is 10. The van der Waals surface area contributed by atoms with E-state index in [1.807, 2.05) is 0 Å². The molecule has 0 fully saturated rings. The van der Waals surface area contributed by atoms with Crippen molar-refractivity contribution >= 4 is 58.1 Å². The summed E-state index contributed by atoms with van der Waals surface area (Å²) in [5.41, 5.74) is -7.26. The van der Waals surface area contributed by atoms with E-state index in [9.17, 15) is 49.6 Å². The molecular formula is C32H26Cl2N6O10. The first kappa shape index (κ1) is 36.8. The number of benzene rings is 2. The molecule has 0 amide bonds. The number of aryl methyl sites for hydroxylation is 2. The number of carbonyl (C=O) groups is 4. The van der Waals surface area contributed by atoms with E-state index in [4.69, 9.17) is 23.2 Å². The number of carbonyl (C=O) groups excluding carboxylic acids is 2. The average Bonchev–Trinajstić information content (AvgIpc) is 3.54. The highest BCUT2D eigenvalue weighted by Crippen LogP contribution is 2.44. The topological polar surface area (TPSA) is 231 Å². The molecule has 0 aliphatic carbocycles. The summed E-state index contributed by atoms with van der Waals surface area (Å²) in [6.45, 7) is 9.40. The van der Waals surface area contributed by atoms with Crippen molar-refractivity contribution in [1.29, 1.82) is 0 Å². The van der Waals surface area contributed by atoms with Gasteiger partial charge >= 0.3 is 11.9 Å². The van der Waals surface area contributed by atoms with Crippen LogP contribution in [0.1, 0.15) is 61.0 Å². The molecule has 2 aromatic carbocycles. The fourth-order valence-corrected chi connectivity index (χ4v) is 6.37. The summed E-state index contributed by atoms with van der Waals surface area (Å²) in [6, 6.07) is 6.79. The van der Waals surface area contributed by atoms with Gasteiger partial charge in [0.05, 0.1) is 63.3 Å². The molecule has 50 heavy (non-hydrogen) atoms. The summed E-state index contributed by atoms with van der Waals surface area (Å²) in [6.07, 6.45) is 1.27. The maximum absolute atomic E-state index is 14.4. The molecule has 2 N–H and O–H groups in total. The van der Waals surface area contributed by atoms with E-state index in [-0.39, 0.29) is 24.5 Å². The minimum Gasteiger partial charge on any atom is -0.481 e. The number of aromatic nitrogens is 4. The molecule has 0 saturated heterocycles. The lowest BCUT2D eigenvalue weighted by atomic mass is 9.72. The van der Waals surface area contributed by atoms with E-state index in [1.165, 1.54) is 38.1 Å². The largest absolute Gasteiger partial charge is 0.481 e. The van der Waals surface area contributed by atoms with Gasteiger partial charge in [0.1, 0.15) is 10.0 Å². The van der Waals surface area contributed by atoms with Gasteiger partial charge in [0.25, 0.3) is 11.4 Å². The number of carboxylic acid groups (broad SMARTS) is 2. The van der Waals surface area contributed by atoms with E-state index >= 15 is 0 Å². The van der Waals surface area contributed by atoms with E-state index in [0.717, 1.165) is 33.6 Å². The van der Waals surface area contributed by atoms with Gasteiger partial charge in [-0.1, -0.05) is 47.5 Å². The summed E-state index contributed by atoms with van der Waals surface area (Å²) in [5.74, 6) is -5.65. The Hall–Kier alpha value is -6.00. The van der Waals surface area contributed by atoms with Crippen LogP contribution >= 0.6 is 23.2 Å². The van der Waals surface area contributed by atoms with Crippen LogP contribution in [-0.4, -0.2) is 63.1 Å². The van der Waals surface area contributed by atoms with Crippen LogP contribution in [0.4, 0.5) is 11.4 Å². The zero-order valence-corrected chi connectivity index (χ0v) is 27.8. The second kappa shape index (κ2) is 14.2. The van der Waals surface area contributed by atoms with Crippen molar-refractivity contribution in [2.45, 2.75) is 38.8 Å². The molecule has 4 aromatic rings. The van der Waals surface area contributed by atoms with Crippen molar-refractivity contribution < 1.29 is 39.2 Å². The third kappa shape index (κ3) is 6.17. The molecular weight excluding hydrogens is 699 g/mol. The lowest BCUT2D eigenvalue weighted by Crippen LogP contribution is -2.45. The zero-order chi connectivity index (χ0) is 37.2. The number of hydrogen-bond donors (Lipinski definition) is 2. The Kier molecular flexibility index (Phi) is 10.5. The molecule has 2 aromatic heterocycles. The Morgan fingerprint density at radius 2 is 1.18 bits per heavy atom. The summed E-state index contributed by atoms with van der Waals surface area (Å²) in [4.78, 5) is 77.0. The van der Waals surface area contributed by atoms with Gasteiger partial charge in [-0.15, -0.1) is 13.2 Å². The molecule has 16 nitrogen and oxygen atoms in total. The normalized spacial score (nSPS) is 11.2. The summed E-state index contributed by atoms with van der Waals surface area (Å²) in [5, 5.41) is 52.4. The molecule has 0 bridgehead atoms. The van der Waals surface area contributed by atoms with E-state index in [1.54, 1.807) is 0 Å². The van der Waals surface area contributed by atoms with Gasteiger partial charge in [0.2, 0.25) is 0 Å². The number of ketones is 2. The van der Waals surface area contributed by atoms with Gasteiger partial charge in [-0.25, -0.2) is 0 Å². The van der Waals surface area contributed by atoms with Crippen LogP contribution in [0.25, 0.3) is 0 Å². The number of allylic oxidation sites excluding steroid dienone is 2. The number of nitro benzene ring substituents is 2. The first-order valence-corrected chi connectivity index (χ1v) is 15.1. The number of carboxylic acids is 2.